The molecule has 1 aromatic heterocycles. The molecule has 1 amide bonds. The van der Waals surface area contributed by atoms with Gasteiger partial charge in [-0.3, -0.25) is 19.9 Å². The zero-order chi connectivity index (χ0) is 22.0. The number of nitro groups is 1. The number of aromatic nitrogens is 1. The number of nitrogens with zero attached hydrogens (tertiary/aromatic N) is 5. The smallest absolute Gasteiger partial charge is 0.384 e. The maximum Gasteiger partial charge on any atom is 0.427 e. The van der Waals surface area contributed by atoms with E-state index < -0.39 is 16.6 Å². The Hall–Kier alpha value is -3.72. The molecular formula is C19H22N6O5. The van der Waals surface area contributed by atoms with Gasteiger partial charge in [0.15, 0.2) is 0 Å². The van der Waals surface area contributed by atoms with Crippen LogP contribution in [0.25, 0.3) is 10.4 Å². The molecule has 0 saturated carbocycles. The lowest BCUT2D eigenvalue weighted by Gasteiger charge is -2.30. The van der Waals surface area contributed by atoms with Crippen molar-refractivity contribution in [2.75, 3.05) is 6.54 Å². The second-order valence-electron chi connectivity index (χ2n) is 6.75. The van der Waals surface area contributed by atoms with Crippen LogP contribution in [-0.2, 0) is 9.53 Å². The third-order valence-electron chi connectivity index (χ3n) is 4.62. The van der Waals surface area contributed by atoms with Gasteiger partial charge in [0.05, 0.1) is 10.5 Å². The minimum absolute atomic E-state index is 0.0559. The summed E-state index contributed by atoms with van der Waals surface area (Å²) >= 11 is 0. The summed E-state index contributed by atoms with van der Waals surface area (Å²) in [6.45, 7) is 2.04. The van der Waals surface area contributed by atoms with E-state index in [4.69, 9.17) is 10.3 Å². The Morgan fingerprint density at radius 1 is 1.50 bits per heavy atom. The van der Waals surface area contributed by atoms with Crippen molar-refractivity contribution in [2.24, 2.45) is 5.11 Å². The van der Waals surface area contributed by atoms with Gasteiger partial charge in [-0.2, -0.15) is 0 Å². The third kappa shape index (κ3) is 5.42. The van der Waals surface area contributed by atoms with Crippen LogP contribution in [0.15, 0.2) is 52.6 Å². The summed E-state index contributed by atoms with van der Waals surface area (Å²) < 4.78 is 5.36. The second-order valence-corrected chi connectivity index (χ2v) is 6.75. The average Bonchev–Trinajstić information content (AvgIpc) is 2.73. The number of esters is 1. The Morgan fingerprint density at radius 3 is 2.93 bits per heavy atom. The molecule has 30 heavy (non-hydrogen) atoms. The van der Waals surface area contributed by atoms with E-state index in [9.17, 15) is 19.7 Å². The van der Waals surface area contributed by atoms with Crippen molar-refractivity contribution >= 4 is 12.4 Å². The molecule has 0 aromatic carbocycles. The van der Waals surface area contributed by atoms with Gasteiger partial charge in [0.2, 0.25) is 6.41 Å². The summed E-state index contributed by atoms with van der Waals surface area (Å²) in [6, 6.07) is 2.95. The topological polar surface area (TPSA) is 160 Å². The number of ether oxygens (including phenoxy) is 1. The Morgan fingerprint density at radius 2 is 2.30 bits per heavy atom. The summed E-state index contributed by atoms with van der Waals surface area (Å²) in [5.41, 5.74) is 7.19. The molecule has 1 unspecified atom stereocenters. The van der Waals surface area contributed by atoms with E-state index in [2.05, 4.69) is 20.3 Å². The van der Waals surface area contributed by atoms with Gasteiger partial charge in [-0.15, -0.1) is 0 Å². The quantitative estimate of drug-likeness (QED) is 0.0557. The van der Waals surface area contributed by atoms with Crippen LogP contribution in [0.2, 0.25) is 0 Å². The van der Waals surface area contributed by atoms with E-state index in [0.717, 1.165) is 18.4 Å². The molecule has 0 fully saturated rings. The summed E-state index contributed by atoms with van der Waals surface area (Å²) in [4.78, 5) is 41.6. The molecule has 0 saturated heterocycles. The minimum Gasteiger partial charge on any atom is -0.384 e. The molecule has 11 heteroatoms. The number of pyridine rings is 1. The number of allylic oxidation sites excluding steroid dienone is 2. The second kappa shape index (κ2) is 10.7. The van der Waals surface area contributed by atoms with Crippen molar-refractivity contribution in [1.82, 2.24) is 10.3 Å². The van der Waals surface area contributed by atoms with Crippen LogP contribution >= 0.6 is 0 Å². The van der Waals surface area contributed by atoms with Gasteiger partial charge in [0.1, 0.15) is 5.70 Å². The van der Waals surface area contributed by atoms with Gasteiger partial charge in [-0.1, -0.05) is 17.1 Å². The maximum absolute atomic E-state index is 12.6. The first-order valence-electron chi connectivity index (χ1n) is 9.34. The van der Waals surface area contributed by atoms with Gasteiger partial charge >= 0.3 is 11.7 Å². The molecule has 1 aliphatic rings. The van der Waals surface area contributed by atoms with E-state index in [0.29, 0.717) is 37.8 Å². The highest BCUT2D eigenvalue weighted by molar-refractivity contribution is 5.89. The number of azide groups is 1. The van der Waals surface area contributed by atoms with E-state index in [1.165, 1.54) is 30.6 Å². The predicted octanol–water partition coefficient (Wildman–Crippen LogP) is 3.43. The van der Waals surface area contributed by atoms with Gasteiger partial charge in [0, 0.05) is 29.9 Å². The number of carbonyl (C=O) groups excluding carboxylic acids is 2. The maximum atomic E-state index is 12.6. The molecule has 158 valence electrons. The predicted molar refractivity (Wildman–Crippen MR) is 106 cm³/mol. The number of unbranched alkanes of at least 4 members (excludes halogenated alkanes) is 2. The van der Waals surface area contributed by atoms with Crippen molar-refractivity contribution in [1.29, 1.82) is 0 Å². The van der Waals surface area contributed by atoms with Crippen LogP contribution in [-0.4, -0.2) is 34.6 Å². The molecule has 0 bridgehead atoms. The molecule has 11 nitrogen and oxygen atoms in total. The number of hydrogen-bond acceptors (Lipinski definition) is 7. The van der Waals surface area contributed by atoms with Crippen molar-refractivity contribution in [3.05, 3.63) is 73.6 Å². The molecule has 0 aliphatic heterocycles. The number of rotatable bonds is 11. The van der Waals surface area contributed by atoms with Crippen LogP contribution in [0.1, 0.15) is 49.4 Å². The monoisotopic (exact) mass is 414 g/mol. The first-order valence-corrected chi connectivity index (χ1v) is 9.34. The van der Waals surface area contributed by atoms with Crippen LogP contribution < -0.4 is 5.32 Å². The number of carbonyl (C=O) groups is 2. The van der Waals surface area contributed by atoms with E-state index in [1.807, 2.05) is 0 Å². The molecule has 1 N–H and O–H groups in total. The first-order chi connectivity index (χ1) is 14.4. The van der Waals surface area contributed by atoms with Crippen LogP contribution in [0, 0.1) is 10.1 Å². The van der Waals surface area contributed by atoms with E-state index in [-0.39, 0.29) is 11.3 Å². The van der Waals surface area contributed by atoms with Gasteiger partial charge in [-0.25, -0.2) is 4.79 Å². The first kappa shape index (κ1) is 22.6. The molecule has 1 atom stereocenters. The van der Waals surface area contributed by atoms with Crippen LogP contribution in [0.4, 0.5) is 0 Å². The zero-order valence-corrected chi connectivity index (χ0v) is 16.5. The lowest BCUT2D eigenvalue weighted by Crippen LogP contribution is -2.49. The number of amides is 1. The summed E-state index contributed by atoms with van der Waals surface area (Å²) in [5, 5.41) is 17.9. The molecule has 1 heterocycles. The van der Waals surface area contributed by atoms with E-state index in [1.54, 1.807) is 6.92 Å². The number of nitrogens with one attached hydrogen (secondary N) is 1. The molecule has 1 aromatic rings. The third-order valence-corrected chi connectivity index (χ3v) is 4.62. The van der Waals surface area contributed by atoms with Crippen molar-refractivity contribution in [3.63, 3.8) is 0 Å². The van der Waals surface area contributed by atoms with Gasteiger partial charge in [0.25, 0.3) is 0 Å². The highest BCUT2D eigenvalue weighted by atomic mass is 16.7. The fraction of sp³-hybridized carbons (Fsp3) is 0.421. The molecule has 0 spiro atoms. The van der Waals surface area contributed by atoms with Gasteiger partial charge < -0.3 is 10.1 Å². The molecular weight excluding hydrogens is 392 g/mol. The average molecular weight is 414 g/mol. The summed E-state index contributed by atoms with van der Waals surface area (Å²) in [7, 11) is 0. The largest absolute Gasteiger partial charge is 0.427 e. The number of hydrogen-bond donors (Lipinski definition) is 1. The van der Waals surface area contributed by atoms with Crippen molar-refractivity contribution in [3.8, 4) is 0 Å². The van der Waals surface area contributed by atoms with Crippen molar-refractivity contribution < 1.29 is 19.2 Å². The fourth-order valence-corrected chi connectivity index (χ4v) is 3.28. The lowest BCUT2D eigenvalue weighted by atomic mass is 9.88. The fourth-order valence-electron chi connectivity index (χ4n) is 3.28. The Labute approximate surface area is 172 Å². The molecule has 2 rings (SSSR count). The van der Waals surface area contributed by atoms with Gasteiger partial charge in [-0.05, 0) is 55.8 Å². The minimum atomic E-state index is -2.34. The Kier molecular flexibility index (Phi) is 8.07. The SMILES string of the molecule is CC1=C(NC=O)C(OC(=O)c2cccnc2)([N+](=O)[O-])C=C(CCCCCN=[N+]=[N-])C1. The van der Waals surface area contributed by atoms with Crippen molar-refractivity contribution in [2.45, 2.75) is 44.8 Å². The van der Waals surface area contributed by atoms with E-state index >= 15 is 0 Å². The Balaban J connectivity index is 2.30. The highest BCUT2D eigenvalue weighted by Gasteiger charge is 2.52. The Bertz CT molecular complexity index is 907. The summed E-state index contributed by atoms with van der Waals surface area (Å²) in [6.07, 6.45) is 7.49. The highest BCUT2D eigenvalue weighted by Crippen LogP contribution is 2.36. The van der Waals surface area contributed by atoms with Crippen LogP contribution in [0.5, 0.6) is 0 Å². The zero-order valence-electron chi connectivity index (χ0n) is 16.5. The molecule has 0 radical (unpaired) electrons. The normalized spacial score (nSPS) is 18.1. The summed E-state index contributed by atoms with van der Waals surface area (Å²) in [5.74, 6) is -0.926. The molecule has 1 aliphatic carbocycles. The van der Waals surface area contributed by atoms with Crippen LogP contribution in [0.3, 0.4) is 0 Å². The standard InChI is InChI=1S/C19H22N6O5/c1-14-10-15(6-3-2-4-9-23-24-20)11-19(25(28)29,17(14)22-13-26)30-18(27)16-7-5-8-21-12-16/h5,7-8,11-13H,2-4,6,9-10H2,1H3,(H,22,26). The lowest BCUT2D eigenvalue weighted by molar-refractivity contribution is -0.592.